The summed E-state index contributed by atoms with van der Waals surface area (Å²) in [5.74, 6) is -8.49. The monoisotopic (exact) mass is 803 g/mol. The third-order valence-corrected chi connectivity index (χ3v) is 8.16. The standard InChI is InChI=1S/C21H22F3NO3.C20H21F3N2O3.CH4/c1-2-3-4-11-18(25-21(27)14-7-5-8-15(22)12-14)19(26)13-28-20-16(23)9-6-10-17(20)24;21-14-6-3-5-13(11-14)20(27)25-17(9-1-2-10-24)18(26)12-28-19-15(22)7-4-8-16(19)23;/h5-10,12,18H,2-4,11,13H2,1H3,(H,25,27);3-8,11,17H,1-2,9-10,12,24H2,(H,25,27);1H4/t18-;17-;/m00./s1. The van der Waals surface area contributed by atoms with E-state index in [-0.39, 0.29) is 25.0 Å². The molecule has 57 heavy (non-hydrogen) atoms. The summed E-state index contributed by atoms with van der Waals surface area (Å²) in [6.45, 7) is 1.18. The van der Waals surface area contributed by atoms with Crippen molar-refractivity contribution >= 4 is 23.4 Å². The quantitative estimate of drug-likeness (QED) is 0.0608. The number of hydrogen-bond acceptors (Lipinski definition) is 7. The molecular formula is C42H47F6N3O6. The maximum atomic E-state index is 13.6. The second kappa shape index (κ2) is 24.7. The SMILES string of the molecule is C.CCCCC[C@H](NC(=O)c1cccc(F)c1)C(=O)COc1c(F)cccc1F.NCCCC[C@H](NC(=O)c1cccc(F)c1)C(=O)COc1c(F)cccc1F. The number of Topliss-reactive ketones (excluding diaryl/α,β-unsaturated/α-hetero) is 2. The highest BCUT2D eigenvalue weighted by Gasteiger charge is 2.24. The molecule has 0 bridgehead atoms. The number of halogens is 6. The number of unbranched alkanes of at least 4 members (excludes halogenated alkanes) is 3. The number of hydrogen-bond donors (Lipinski definition) is 3. The molecule has 0 spiro atoms. The third-order valence-electron chi connectivity index (χ3n) is 8.16. The molecule has 0 saturated carbocycles. The van der Waals surface area contributed by atoms with Crippen molar-refractivity contribution in [3.8, 4) is 11.5 Å². The van der Waals surface area contributed by atoms with E-state index in [1.165, 1.54) is 48.5 Å². The predicted molar refractivity (Wildman–Crippen MR) is 203 cm³/mol. The first-order valence-electron chi connectivity index (χ1n) is 17.9. The normalized spacial score (nSPS) is 11.5. The van der Waals surface area contributed by atoms with Crippen LogP contribution in [0.2, 0.25) is 0 Å². The molecule has 2 atom stereocenters. The first-order chi connectivity index (χ1) is 26.8. The fourth-order valence-electron chi connectivity index (χ4n) is 5.19. The van der Waals surface area contributed by atoms with Crippen molar-refractivity contribution in [2.45, 2.75) is 71.4 Å². The number of para-hydroxylation sites is 2. The van der Waals surface area contributed by atoms with Gasteiger partial charge in [-0.2, -0.15) is 0 Å². The highest BCUT2D eigenvalue weighted by atomic mass is 19.2. The van der Waals surface area contributed by atoms with Crippen molar-refractivity contribution in [1.29, 1.82) is 0 Å². The van der Waals surface area contributed by atoms with Crippen LogP contribution in [0.3, 0.4) is 0 Å². The van der Waals surface area contributed by atoms with Crippen LogP contribution in [-0.2, 0) is 9.59 Å². The fourth-order valence-corrected chi connectivity index (χ4v) is 5.19. The molecule has 15 heteroatoms. The zero-order valence-electron chi connectivity index (χ0n) is 30.6. The van der Waals surface area contributed by atoms with E-state index >= 15 is 0 Å². The van der Waals surface area contributed by atoms with Crippen LogP contribution in [0.25, 0.3) is 0 Å². The fraction of sp³-hybridized carbons (Fsp3) is 0.333. The average molecular weight is 804 g/mol. The molecule has 0 unspecified atom stereocenters. The van der Waals surface area contributed by atoms with E-state index in [0.717, 1.165) is 49.2 Å². The summed E-state index contributed by atoms with van der Waals surface area (Å²) in [5.41, 5.74) is 5.58. The van der Waals surface area contributed by atoms with Crippen LogP contribution >= 0.6 is 0 Å². The number of carbonyl (C=O) groups is 4. The summed E-state index contributed by atoms with van der Waals surface area (Å²) < 4.78 is 91.1. The third kappa shape index (κ3) is 15.8. The van der Waals surface area contributed by atoms with Gasteiger partial charge < -0.3 is 25.8 Å². The molecule has 0 aliphatic carbocycles. The molecule has 4 aromatic rings. The Morgan fingerprint density at radius 1 is 0.579 bits per heavy atom. The van der Waals surface area contributed by atoms with Crippen molar-refractivity contribution in [2.24, 2.45) is 5.73 Å². The molecule has 4 aromatic carbocycles. The Bertz CT molecular complexity index is 1750. The van der Waals surface area contributed by atoms with Crippen LogP contribution in [0.15, 0.2) is 84.9 Å². The van der Waals surface area contributed by atoms with E-state index in [2.05, 4.69) is 10.6 Å². The zero-order chi connectivity index (χ0) is 41.0. The van der Waals surface area contributed by atoms with Gasteiger partial charge in [-0.05, 0) is 92.9 Å². The van der Waals surface area contributed by atoms with E-state index in [1.807, 2.05) is 6.92 Å². The highest BCUT2D eigenvalue weighted by molar-refractivity contribution is 5.99. The van der Waals surface area contributed by atoms with Gasteiger partial charge in [0, 0.05) is 11.1 Å². The van der Waals surface area contributed by atoms with Gasteiger partial charge in [0.05, 0.1) is 12.1 Å². The summed E-state index contributed by atoms with van der Waals surface area (Å²) in [5, 5.41) is 5.08. The van der Waals surface area contributed by atoms with Crippen LogP contribution in [-0.4, -0.2) is 55.2 Å². The van der Waals surface area contributed by atoms with E-state index in [1.54, 1.807) is 0 Å². The summed E-state index contributed by atoms with van der Waals surface area (Å²) in [4.78, 5) is 49.6. The Hall–Kier alpha value is -5.70. The Kier molecular flexibility index (Phi) is 20.6. The Balaban J connectivity index is 0.000000387. The lowest BCUT2D eigenvalue weighted by atomic mass is 10.0. The number of amides is 2. The second-order valence-electron chi connectivity index (χ2n) is 12.5. The topological polar surface area (TPSA) is 137 Å². The van der Waals surface area contributed by atoms with E-state index in [4.69, 9.17) is 15.2 Å². The van der Waals surface area contributed by atoms with E-state index < -0.39 is 95.1 Å². The molecule has 0 saturated heterocycles. The number of rotatable bonds is 20. The minimum atomic E-state index is -0.961. The summed E-state index contributed by atoms with van der Waals surface area (Å²) >= 11 is 0. The molecule has 0 fully saturated rings. The molecule has 4 rings (SSSR count). The molecular weight excluding hydrogens is 756 g/mol. The number of ketones is 2. The van der Waals surface area contributed by atoms with Crippen LogP contribution in [0.4, 0.5) is 26.3 Å². The first kappa shape index (κ1) is 47.5. The van der Waals surface area contributed by atoms with Crippen molar-refractivity contribution < 1.29 is 55.0 Å². The maximum Gasteiger partial charge on any atom is 0.251 e. The van der Waals surface area contributed by atoms with Crippen LogP contribution in [0, 0.1) is 34.9 Å². The molecule has 0 heterocycles. The number of benzene rings is 4. The smallest absolute Gasteiger partial charge is 0.251 e. The number of nitrogens with two attached hydrogens (primary N) is 1. The van der Waals surface area contributed by atoms with Gasteiger partial charge in [0.15, 0.2) is 46.3 Å². The predicted octanol–water partition coefficient (Wildman–Crippen LogP) is 8.05. The molecule has 0 radical (unpaired) electrons. The second-order valence-corrected chi connectivity index (χ2v) is 12.5. The van der Waals surface area contributed by atoms with Crippen LogP contribution in [0.5, 0.6) is 11.5 Å². The van der Waals surface area contributed by atoms with Gasteiger partial charge in [-0.3, -0.25) is 19.2 Å². The lowest BCUT2D eigenvalue weighted by Crippen LogP contribution is -2.43. The van der Waals surface area contributed by atoms with Crippen molar-refractivity contribution in [3.05, 3.63) is 131 Å². The van der Waals surface area contributed by atoms with Gasteiger partial charge in [0.1, 0.15) is 24.8 Å². The van der Waals surface area contributed by atoms with E-state index in [9.17, 15) is 45.5 Å². The number of ether oxygens (including phenoxy) is 2. The lowest BCUT2D eigenvalue weighted by molar-refractivity contribution is -0.123. The summed E-state index contributed by atoms with van der Waals surface area (Å²) in [6, 6.07) is 14.7. The Morgan fingerprint density at radius 2 is 0.947 bits per heavy atom. The molecule has 9 nitrogen and oxygen atoms in total. The molecule has 2 amide bonds. The van der Waals surface area contributed by atoms with Crippen molar-refractivity contribution in [3.63, 3.8) is 0 Å². The Morgan fingerprint density at radius 3 is 1.30 bits per heavy atom. The Labute approximate surface area is 327 Å². The van der Waals surface area contributed by atoms with Gasteiger partial charge in [-0.25, -0.2) is 26.3 Å². The largest absolute Gasteiger partial charge is 0.480 e. The molecule has 4 N–H and O–H groups in total. The highest BCUT2D eigenvalue weighted by Crippen LogP contribution is 2.22. The average Bonchev–Trinajstić information content (AvgIpc) is 3.17. The van der Waals surface area contributed by atoms with Gasteiger partial charge in [0.25, 0.3) is 11.8 Å². The first-order valence-corrected chi connectivity index (χ1v) is 17.9. The maximum absolute atomic E-state index is 13.6. The molecule has 0 aliphatic rings. The zero-order valence-corrected chi connectivity index (χ0v) is 30.6. The van der Waals surface area contributed by atoms with E-state index in [0.29, 0.717) is 32.2 Å². The minimum Gasteiger partial charge on any atom is -0.480 e. The molecule has 0 aliphatic heterocycles. The van der Waals surface area contributed by atoms with Gasteiger partial charge in [-0.1, -0.05) is 57.9 Å². The molecule has 308 valence electrons. The van der Waals surface area contributed by atoms with Crippen molar-refractivity contribution in [1.82, 2.24) is 10.6 Å². The number of nitrogens with one attached hydrogen (secondary N) is 2. The molecule has 0 aromatic heterocycles. The van der Waals surface area contributed by atoms with Gasteiger partial charge in [0.2, 0.25) is 0 Å². The van der Waals surface area contributed by atoms with Gasteiger partial charge in [-0.15, -0.1) is 0 Å². The van der Waals surface area contributed by atoms with Crippen LogP contribution in [0.1, 0.15) is 80.0 Å². The lowest BCUT2D eigenvalue weighted by Gasteiger charge is -2.18. The minimum absolute atomic E-state index is 0. The van der Waals surface area contributed by atoms with Crippen LogP contribution < -0.4 is 25.8 Å². The summed E-state index contributed by atoms with van der Waals surface area (Å²) in [7, 11) is 0. The summed E-state index contributed by atoms with van der Waals surface area (Å²) in [6.07, 6.45) is 4.21. The van der Waals surface area contributed by atoms with Gasteiger partial charge >= 0.3 is 0 Å². The number of carbonyl (C=O) groups excluding carboxylic acids is 4. The van der Waals surface area contributed by atoms with Crippen molar-refractivity contribution in [2.75, 3.05) is 19.8 Å².